The number of halogens is 1. The third-order valence-electron chi connectivity index (χ3n) is 2.16. The maximum Gasteiger partial charge on any atom is 0.176 e. The van der Waals surface area contributed by atoms with E-state index >= 15 is 0 Å². The summed E-state index contributed by atoms with van der Waals surface area (Å²) in [6, 6.07) is 3.69. The third-order valence-corrected chi connectivity index (χ3v) is 2.81. The SMILES string of the molecule is NCCc1cc(Br)c2ccoc2c1O. The Morgan fingerprint density at radius 2 is 2.29 bits per heavy atom. The van der Waals surface area contributed by atoms with Crippen LogP contribution in [0.4, 0.5) is 0 Å². The monoisotopic (exact) mass is 255 g/mol. The van der Waals surface area contributed by atoms with E-state index in [2.05, 4.69) is 15.9 Å². The van der Waals surface area contributed by atoms with Gasteiger partial charge in [-0.1, -0.05) is 15.9 Å². The molecule has 0 aliphatic carbocycles. The summed E-state index contributed by atoms with van der Waals surface area (Å²) in [7, 11) is 0. The van der Waals surface area contributed by atoms with Crippen molar-refractivity contribution in [2.75, 3.05) is 6.54 Å². The Balaban J connectivity index is 2.68. The van der Waals surface area contributed by atoms with E-state index in [0.717, 1.165) is 15.4 Å². The Morgan fingerprint density at radius 1 is 1.50 bits per heavy atom. The lowest BCUT2D eigenvalue weighted by atomic mass is 10.1. The van der Waals surface area contributed by atoms with Crippen LogP contribution in [0.1, 0.15) is 5.56 Å². The van der Waals surface area contributed by atoms with E-state index in [1.807, 2.05) is 12.1 Å². The summed E-state index contributed by atoms with van der Waals surface area (Å²) in [6.07, 6.45) is 2.20. The van der Waals surface area contributed by atoms with Gasteiger partial charge in [0.15, 0.2) is 11.3 Å². The molecule has 2 rings (SSSR count). The van der Waals surface area contributed by atoms with Crippen LogP contribution in [-0.4, -0.2) is 11.7 Å². The molecule has 0 unspecified atom stereocenters. The average molecular weight is 256 g/mol. The summed E-state index contributed by atoms with van der Waals surface area (Å²) in [5.74, 6) is 0.193. The van der Waals surface area contributed by atoms with E-state index < -0.39 is 0 Å². The normalized spacial score (nSPS) is 11.0. The minimum absolute atomic E-state index is 0.193. The zero-order chi connectivity index (χ0) is 10.1. The Morgan fingerprint density at radius 3 is 3.00 bits per heavy atom. The van der Waals surface area contributed by atoms with Gasteiger partial charge < -0.3 is 15.3 Å². The van der Waals surface area contributed by atoms with Gasteiger partial charge in [-0.15, -0.1) is 0 Å². The van der Waals surface area contributed by atoms with E-state index in [4.69, 9.17) is 10.2 Å². The van der Waals surface area contributed by atoms with Crippen LogP contribution in [-0.2, 0) is 6.42 Å². The van der Waals surface area contributed by atoms with E-state index in [1.54, 1.807) is 6.26 Å². The topological polar surface area (TPSA) is 59.4 Å². The fourth-order valence-electron chi connectivity index (χ4n) is 1.47. The molecule has 0 aliphatic heterocycles. The second-order valence-corrected chi connectivity index (χ2v) is 3.92. The van der Waals surface area contributed by atoms with E-state index in [9.17, 15) is 5.11 Å². The van der Waals surface area contributed by atoms with Crippen molar-refractivity contribution in [2.24, 2.45) is 5.73 Å². The molecule has 74 valence electrons. The minimum Gasteiger partial charge on any atom is -0.504 e. The number of rotatable bonds is 2. The van der Waals surface area contributed by atoms with Crippen LogP contribution in [0.5, 0.6) is 5.75 Å². The van der Waals surface area contributed by atoms with Crippen molar-refractivity contribution in [1.82, 2.24) is 0 Å². The molecular weight excluding hydrogens is 246 g/mol. The first-order valence-corrected chi connectivity index (χ1v) is 5.11. The number of hydrogen-bond donors (Lipinski definition) is 2. The zero-order valence-corrected chi connectivity index (χ0v) is 9.04. The molecule has 0 amide bonds. The second kappa shape index (κ2) is 3.63. The highest BCUT2D eigenvalue weighted by molar-refractivity contribution is 9.10. The van der Waals surface area contributed by atoms with Crippen LogP contribution in [0.15, 0.2) is 27.3 Å². The van der Waals surface area contributed by atoms with Gasteiger partial charge in [0, 0.05) is 15.4 Å². The van der Waals surface area contributed by atoms with Crippen LogP contribution in [0.3, 0.4) is 0 Å². The summed E-state index contributed by atoms with van der Waals surface area (Å²) in [5, 5.41) is 10.7. The van der Waals surface area contributed by atoms with Gasteiger partial charge in [0.05, 0.1) is 6.26 Å². The molecule has 0 atom stereocenters. The summed E-state index contributed by atoms with van der Waals surface area (Å²) in [4.78, 5) is 0. The molecule has 0 spiro atoms. The van der Waals surface area contributed by atoms with Crippen molar-refractivity contribution in [2.45, 2.75) is 6.42 Å². The molecule has 3 N–H and O–H groups in total. The molecule has 3 nitrogen and oxygen atoms in total. The zero-order valence-electron chi connectivity index (χ0n) is 7.46. The lowest BCUT2D eigenvalue weighted by molar-refractivity contribution is 0.458. The molecule has 0 saturated carbocycles. The molecule has 0 fully saturated rings. The van der Waals surface area contributed by atoms with Crippen molar-refractivity contribution >= 4 is 26.9 Å². The highest BCUT2D eigenvalue weighted by Crippen LogP contribution is 2.35. The van der Waals surface area contributed by atoms with Crippen molar-refractivity contribution in [1.29, 1.82) is 0 Å². The maximum atomic E-state index is 9.82. The molecule has 0 bridgehead atoms. The largest absolute Gasteiger partial charge is 0.504 e. The van der Waals surface area contributed by atoms with Gasteiger partial charge in [0.2, 0.25) is 0 Å². The van der Waals surface area contributed by atoms with Gasteiger partial charge in [-0.3, -0.25) is 0 Å². The molecule has 4 heteroatoms. The predicted octanol–water partition coefficient (Wildman–Crippen LogP) is 2.40. The van der Waals surface area contributed by atoms with Crippen molar-refractivity contribution in [3.8, 4) is 5.75 Å². The molecule has 0 saturated heterocycles. The van der Waals surface area contributed by atoms with Crippen LogP contribution in [0.25, 0.3) is 11.0 Å². The van der Waals surface area contributed by atoms with Crippen molar-refractivity contribution in [3.05, 3.63) is 28.4 Å². The highest BCUT2D eigenvalue weighted by Gasteiger charge is 2.11. The first-order valence-electron chi connectivity index (χ1n) is 4.31. The molecule has 1 heterocycles. The Labute approximate surface area is 89.6 Å². The van der Waals surface area contributed by atoms with E-state index in [-0.39, 0.29) is 5.75 Å². The van der Waals surface area contributed by atoms with E-state index in [0.29, 0.717) is 18.5 Å². The molecule has 14 heavy (non-hydrogen) atoms. The Hall–Kier alpha value is -1.00. The summed E-state index contributed by atoms with van der Waals surface area (Å²) in [5.41, 5.74) is 6.77. The molecular formula is C10H10BrNO2. The summed E-state index contributed by atoms with van der Waals surface area (Å²) in [6.45, 7) is 0.506. The lowest BCUT2D eigenvalue weighted by Gasteiger charge is -2.04. The first-order chi connectivity index (χ1) is 6.74. The molecule has 1 aromatic heterocycles. The maximum absolute atomic E-state index is 9.82. The summed E-state index contributed by atoms with van der Waals surface area (Å²) < 4.78 is 6.11. The predicted molar refractivity (Wildman–Crippen MR) is 58.3 cm³/mol. The quantitative estimate of drug-likeness (QED) is 0.867. The number of hydrogen-bond acceptors (Lipinski definition) is 3. The number of benzene rings is 1. The van der Waals surface area contributed by atoms with Gasteiger partial charge in [0.1, 0.15) is 0 Å². The molecule has 0 radical (unpaired) electrons. The smallest absolute Gasteiger partial charge is 0.176 e. The van der Waals surface area contributed by atoms with Gasteiger partial charge in [0.25, 0.3) is 0 Å². The van der Waals surface area contributed by atoms with Crippen LogP contribution in [0.2, 0.25) is 0 Å². The number of phenolic OH excluding ortho intramolecular Hbond substituents is 1. The summed E-state index contributed by atoms with van der Waals surface area (Å²) >= 11 is 3.42. The van der Waals surface area contributed by atoms with Crippen molar-refractivity contribution < 1.29 is 9.52 Å². The third kappa shape index (κ3) is 1.40. The van der Waals surface area contributed by atoms with Gasteiger partial charge in [-0.2, -0.15) is 0 Å². The fraction of sp³-hybridized carbons (Fsp3) is 0.200. The molecule has 2 aromatic rings. The van der Waals surface area contributed by atoms with Gasteiger partial charge in [-0.05, 0) is 25.1 Å². The molecule has 1 aromatic carbocycles. The number of phenols is 1. The van der Waals surface area contributed by atoms with E-state index in [1.165, 1.54) is 0 Å². The number of nitrogens with two attached hydrogens (primary N) is 1. The van der Waals surface area contributed by atoms with Crippen LogP contribution < -0.4 is 5.73 Å². The first kappa shape index (κ1) is 9.55. The van der Waals surface area contributed by atoms with Crippen molar-refractivity contribution in [3.63, 3.8) is 0 Å². The van der Waals surface area contributed by atoms with Gasteiger partial charge in [-0.25, -0.2) is 0 Å². The number of aromatic hydroxyl groups is 1. The second-order valence-electron chi connectivity index (χ2n) is 3.07. The minimum atomic E-state index is 0.193. The van der Waals surface area contributed by atoms with Crippen LogP contribution in [0, 0.1) is 0 Å². The lowest BCUT2D eigenvalue weighted by Crippen LogP contribution is -2.02. The Kier molecular flexibility index (Phi) is 2.48. The average Bonchev–Trinajstić information content (AvgIpc) is 2.63. The fourth-order valence-corrected chi connectivity index (χ4v) is 2.06. The number of furan rings is 1. The number of fused-ring (bicyclic) bond motifs is 1. The standard InChI is InChI=1S/C10H10BrNO2/c11-8-5-6(1-3-12)9(13)10-7(8)2-4-14-10/h2,4-5,13H,1,3,12H2. The highest BCUT2D eigenvalue weighted by atomic mass is 79.9. The Bertz CT molecular complexity index is 464. The molecule has 0 aliphatic rings. The van der Waals surface area contributed by atoms with Gasteiger partial charge >= 0.3 is 0 Å². The van der Waals surface area contributed by atoms with Crippen LogP contribution >= 0.6 is 15.9 Å².